The molecule has 0 heterocycles. The molecular formula is C102H68. The second-order valence-electron chi connectivity index (χ2n) is 26.5. The van der Waals surface area contributed by atoms with Crippen molar-refractivity contribution >= 4 is 64.6 Å². The molecule has 0 amide bonds. The number of fused-ring (bicyclic) bond motifs is 6. The molecule has 0 spiro atoms. The summed E-state index contributed by atoms with van der Waals surface area (Å²) < 4.78 is 0. The van der Waals surface area contributed by atoms with Crippen LogP contribution in [0.25, 0.3) is 187 Å². The molecule has 0 atom stereocenters. The molecule has 0 heteroatoms. The number of benzene rings is 19. The van der Waals surface area contributed by atoms with Crippen LogP contribution in [0.3, 0.4) is 0 Å². The molecule has 19 aromatic rings. The van der Waals surface area contributed by atoms with Crippen molar-refractivity contribution in [2.75, 3.05) is 0 Å². The third kappa shape index (κ3) is 11.4. The van der Waals surface area contributed by atoms with Gasteiger partial charge in [-0.05, 0) is 223 Å². The summed E-state index contributed by atoms with van der Waals surface area (Å²) >= 11 is 0. The summed E-state index contributed by atoms with van der Waals surface area (Å²) in [5.41, 5.74) is 27.1. The van der Waals surface area contributed by atoms with Crippen molar-refractivity contribution in [3.63, 3.8) is 0 Å². The SMILES string of the molecule is c1ccc(-c2cc(-c3ccccc3)cc(-c3c4ccccc4c(-c4c5ccccc5c(-c5cc(-c6ccccc6)cc(-c6ccccc6)c5)c5ccccc45)c4ccccc34)c2)cc1.c1ccc(-c2ccc(-c3c4ccccc4c(-c4ccc(-c5ccccc5)cc4)c4ccccc34)cc2)cc1. The smallest absolute Gasteiger partial charge is 0.00139 e. The molecule has 0 aliphatic heterocycles. The van der Waals surface area contributed by atoms with E-state index in [1.165, 1.54) is 187 Å². The lowest BCUT2D eigenvalue weighted by Gasteiger charge is -2.23. The summed E-state index contributed by atoms with van der Waals surface area (Å²) in [7, 11) is 0. The van der Waals surface area contributed by atoms with Crippen molar-refractivity contribution in [2.45, 2.75) is 0 Å². The summed E-state index contributed by atoms with van der Waals surface area (Å²) in [5.74, 6) is 0. The van der Waals surface area contributed by atoms with Crippen LogP contribution in [0.5, 0.6) is 0 Å². The van der Waals surface area contributed by atoms with E-state index in [1.54, 1.807) is 0 Å². The Morgan fingerprint density at radius 2 is 0.206 bits per heavy atom. The van der Waals surface area contributed by atoms with Crippen molar-refractivity contribution in [3.05, 3.63) is 413 Å². The van der Waals surface area contributed by atoms with Gasteiger partial charge in [-0.15, -0.1) is 0 Å². The van der Waals surface area contributed by atoms with E-state index < -0.39 is 0 Å². The van der Waals surface area contributed by atoms with E-state index in [1.807, 2.05) is 0 Å². The minimum Gasteiger partial charge on any atom is -0.0622 e. The molecule has 0 aliphatic rings. The van der Waals surface area contributed by atoms with E-state index >= 15 is 0 Å². The molecule has 0 radical (unpaired) electrons. The number of hydrogen-bond donors (Lipinski definition) is 0. The Bertz CT molecular complexity index is 5610. The molecule has 19 aromatic carbocycles. The zero-order chi connectivity index (χ0) is 67.7. The normalized spacial score (nSPS) is 11.3. The van der Waals surface area contributed by atoms with Gasteiger partial charge in [0.15, 0.2) is 0 Å². The molecule has 0 aromatic heterocycles. The summed E-state index contributed by atoms with van der Waals surface area (Å²) in [4.78, 5) is 0. The molecule has 0 saturated carbocycles. The second-order valence-corrected chi connectivity index (χ2v) is 26.5. The predicted molar refractivity (Wildman–Crippen MR) is 438 cm³/mol. The van der Waals surface area contributed by atoms with E-state index in [0.717, 1.165) is 0 Å². The van der Waals surface area contributed by atoms with Crippen LogP contribution in [0.1, 0.15) is 0 Å². The summed E-state index contributed by atoms with van der Waals surface area (Å²) in [6, 6.07) is 151. The van der Waals surface area contributed by atoms with Gasteiger partial charge in [-0.2, -0.15) is 0 Å². The first-order valence-corrected chi connectivity index (χ1v) is 35.3. The third-order valence-electron chi connectivity index (χ3n) is 20.5. The largest absolute Gasteiger partial charge is 0.0622 e. The van der Waals surface area contributed by atoms with Crippen molar-refractivity contribution in [1.82, 2.24) is 0 Å². The first-order chi connectivity index (χ1) is 50.6. The molecule has 0 aliphatic carbocycles. The number of rotatable bonds is 11. The van der Waals surface area contributed by atoms with Crippen LogP contribution in [0, 0.1) is 0 Å². The van der Waals surface area contributed by atoms with E-state index in [0.29, 0.717) is 0 Å². The molecule has 0 bridgehead atoms. The van der Waals surface area contributed by atoms with Crippen molar-refractivity contribution in [2.24, 2.45) is 0 Å². The summed E-state index contributed by atoms with van der Waals surface area (Å²) in [6.45, 7) is 0. The van der Waals surface area contributed by atoms with Gasteiger partial charge in [0.1, 0.15) is 0 Å². The molecule has 102 heavy (non-hydrogen) atoms. The fraction of sp³-hybridized carbons (Fsp3) is 0. The van der Waals surface area contributed by atoms with E-state index in [-0.39, 0.29) is 0 Å². The number of hydrogen-bond acceptors (Lipinski definition) is 0. The quantitative estimate of drug-likeness (QED) is 0.113. The second kappa shape index (κ2) is 26.9. The maximum atomic E-state index is 2.39. The average molecular weight is 1290 g/mol. The van der Waals surface area contributed by atoms with Crippen molar-refractivity contribution in [1.29, 1.82) is 0 Å². The van der Waals surface area contributed by atoms with Crippen LogP contribution < -0.4 is 0 Å². The Kier molecular flexibility index (Phi) is 16.1. The summed E-state index contributed by atoms with van der Waals surface area (Å²) in [5, 5.41) is 15.0. The highest BCUT2D eigenvalue weighted by atomic mass is 14.3. The average Bonchev–Trinajstić information content (AvgIpc) is 0.714. The van der Waals surface area contributed by atoms with Crippen LogP contribution in [-0.2, 0) is 0 Å². The van der Waals surface area contributed by atoms with Gasteiger partial charge in [-0.25, -0.2) is 0 Å². The van der Waals surface area contributed by atoms with Crippen molar-refractivity contribution in [3.8, 4) is 122 Å². The Balaban J connectivity index is 0.000000167. The fourth-order valence-corrected chi connectivity index (χ4v) is 15.8. The van der Waals surface area contributed by atoms with E-state index in [4.69, 9.17) is 0 Å². The monoisotopic (exact) mass is 1290 g/mol. The van der Waals surface area contributed by atoms with Gasteiger partial charge in [0.25, 0.3) is 0 Å². The summed E-state index contributed by atoms with van der Waals surface area (Å²) in [6.07, 6.45) is 0. The molecule has 0 saturated heterocycles. The molecule has 0 unspecified atom stereocenters. The van der Waals surface area contributed by atoms with E-state index in [9.17, 15) is 0 Å². The Hall–Kier alpha value is -13.3. The Morgan fingerprint density at radius 1 is 0.0784 bits per heavy atom. The standard InChI is InChI=1S/C64H42.C38H26/c1-5-21-43(22-6-1)47-37-48(44-23-7-2-8-24-44)40-51(39-47)61-53-29-13-17-33-57(53)63(58-34-18-14-30-54(58)61)64-59-35-19-15-31-55(59)62(56-32-16-20-36-60(56)64)52-41-49(45-25-9-3-10-26-45)38-50(42-52)46-27-11-4-12-28-46;1-3-11-27(12-4-1)29-19-23-31(24-20-29)37-33-15-7-9-17-35(33)38(36-18-10-8-16-34(36)37)32-25-21-30(22-26-32)28-13-5-2-6-14-28/h1-42H;1-26H. The molecule has 0 nitrogen and oxygen atoms in total. The minimum atomic E-state index is 1.20. The van der Waals surface area contributed by atoms with E-state index in [2.05, 4.69) is 413 Å². The molecule has 0 N–H and O–H groups in total. The minimum absolute atomic E-state index is 1.20. The van der Waals surface area contributed by atoms with Crippen LogP contribution in [0.15, 0.2) is 413 Å². The van der Waals surface area contributed by atoms with Crippen molar-refractivity contribution < 1.29 is 0 Å². The highest BCUT2D eigenvalue weighted by Gasteiger charge is 2.25. The van der Waals surface area contributed by atoms with Gasteiger partial charge in [-0.3, -0.25) is 0 Å². The lowest BCUT2D eigenvalue weighted by molar-refractivity contribution is 1.58. The maximum Gasteiger partial charge on any atom is -0.00139 e. The van der Waals surface area contributed by atoms with Gasteiger partial charge in [0, 0.05) is 0 Å². The predicted octanol–water partition coefficient (Wildman–Crippen LogP) is 28.6. The topological polar surface area (TPSA) is 0 Å². The van der Waals surface area contributed by atoms with Crippen LogP contribution in [0.2, 0.25) is 0 Å². The van der Waals surface area contributed by atoms with Gasteiger partial charge < -0.3 is 0 Å². The fourth-order valence-electron chi connectivity index (χ4n) is 15.8. The lowest BCUT2D eigenvalue weighted by atomic mass is 9.80. The first kappa shape index (κ1) is 61.1. The maximum absolute atomic E-state index is 2.39. The van der Waals surface area contributed by atoms with Gasteiger partial charge in [0.05, 0.1) is 0 Å². The molecule has 0 fully saturated rings. The van der Waals surface area contributed by atoms with Gasteiger partial charge in [0.2, 0.25) is 0 Å². The third-order valence-corrected chi connectivity index (χ3v) is 20.5. The Morgan fingerprint density at radius 3 is 0.402 bits per heavy atom. The highest BCUT2D eigenvalue weighted by Crippen LogP contribution is 2.52. The van der Waals surface area contributed by atoms with Crippen LogP contribution in [-0.4, -0.2) is 0 Å². The first-order valence-electron chi connectivity index (χ1n) is 35.3. The molecular weight excluding hydrogens is 1230 g/mol. The van der Waals surface area contributed by atoms with Gasteiger partial charge in [-0.1, -0.05) is 376 Å². The molecule has 476 valence electrons. The molecule has 19 rings (SSSR count). The Labute approximate surface area is 595 Å². The van der Waals surface area contributed by atoms with Gasteiger partial charge >= 0.3 is 0 Å². The highest BCUT2D eigenvalue weighted by molar-refractivity contribution is 6.30. The van der Waals surface area contributed by atoms with Crippen LogP contribution in [0.4, 0.5) is 0 Å². The lowest BCUT2D eigenvalue weighted by Crippen LogP contribution is -1.95. The zero-order valence-corrected chi connectivity index (χ0v) is 56.3. The van der Waals surface area contributed by atoms with Crippen LogP contribution >= 0.6 is 0 Å². The zero-order valence-electron chi connectivity index (χ0n) is 56.3.